The third-order valence-electron chi connectivity index (χ3n) is 2.02. The highest BCUT2D eigenvalue weighted by atomic mass is 19.1. The zero-order valence-electron chi connectivity index (χ0n) is 8.18. The number of alkyl halides is 1. The standard InChI is InChI=1S/C10H12FNO3/c1-15-10(14)9(12)8(11)6-4-2-3-5-7(6)13/h2-5,8-9,13H,12H2,1H3. The largest absolute Gasteiger partial charge is 0.508 e. The minimum Gasteiger partial charge on any atom is -0.508 e. The molecule has 2 unspecified atom stereocenters. The van der Waals surface area contributed by atoms with E-state index in [9.17, 15) is 14.3 Å². The number of hydrogen-bond acceptors (Lipinski definition) is 4. The Morgan fingerprint density at radius 1 is 1.53 bits per heavy atom. The number of phenols is 1. The van der Waals surface area contributed by atoms with Crippen molar-refractivity contribution >= 4 is 5.97 Å². The van der Waals surface area contributed by atoms with Gasteiger partial charge in [-0.15, -0.1) is 0 Å². The number of nitrogens with two attached hydrogens (primary N) is 1. The first kappa shape index (κ1) is 11.5. The summed E-state index contributed by atoms with van der Waals surface area (Å²) < 4.78 is 18.0. The molecule has 0 aliphatic rings. The summed E-state index contributed by atoms with van der Waals surface area (Å²) in [6.07, 6.45) is -1.78. The Morgan fingerprint density at radius 2 is 2.13 bits per heavy atom. The summed E-state index contributed by atoms with van der Waals surface area (Å²) in [7, 11) is 1.12. The van der Waals surface area contributed by atoms with Gasteiger partial charge in [-0.2, -0.15) is 0 Å². The molecule has 1 aromatic rings. The van der Waals surface area contributed by atoms with Gasteiger partial charge in [0, 0.05) is 5.56 Å². The molecule has 2 atom stereocenters. The van der Waals surface area contributed by atoms with Gasteiger partial charge in [0.1, 0.15) is 11.8 Å². The Morgan fingerprint density at radius 3 is 2.67 bits per heavy atom. The van der Waals surface area contributed by atoms with Gasteiger partial charge in [0.25, 0.3) is 0 Å². The molecule has 1 rings (SSSR count). The summed E-state index contributed by atoms with van der Waals surface area (Å²) in [5, 5.41) is 9.34. The lowest BCUT2D eigenvalue weighted by Crippen LogP contribution is -2.35. The molecule has 0 aromatic heterocycles. The van der Waals surface area contributed by atoms with Crippen molar-refractivity contribution in [1.82, 2.24) is 0 Å². The van der Waals surface area contributed by atoms with Crippen molar-refractivity contribution in [1.29, 1.82) is 0 Å². The number of methoxy groups -OCH3 is 1. The number of halogens is 1. The quantitative estimate of drug-likeness (QED) is 0.732. The van der Waals surface area contributed by atoms with E-state index in [-0.39, 0.29) is 11.3 Å². The van der Waals surface area contributed by atoms with Gasteiger partial charge in [-0.05, 0) is 6.07 Å². The lowest BCUT2D eigenvalue weighted by atomic mass is 10.0. The molecule has 1 aromatic carbocycles. The number of phenolic OH excluding ortho intramolecular Hbond substituents is 1. The molecule has 0 saturated carbocycles. The van der Waals surface area contributed by atoms with Crippen LogP contribution in [-0.2, 0) is 9.53 Å². The average molecular weight is 213 g/mol. The number of esters is 1. The smallest absolute Gasteiger partial charge is 0.326 e. The maximum atomic E-state index is 13.6. The maximum Gasteiger partial charge on any atom is 0.326 e. The van der Waals surface area contributed by atoms with Crippen LogP contribution in [0.4, 0.5) is 4.39 Å². The minimum absolute atomic E-state index is 0.0181. The van der Waals surface area contributed by atoms with E-state index >= 15 is 0 Å². The Balaban J connectivity index is 2.89. The van der Waals surface area contributed by atoms with Crippen LogP contribution >= 0.6 is 0 Å². The molecule has 0 radical (unpaired) electrons. The van der Waals surface area contributed by atoms with Crippen LogP contribution in [0.2, 0.25) is 0 Å². The van der Waals surface area contributed by atoms with Crippen LogP contribution in [0.25, 0.3) is 0 Å². The van der Waals surface area contributed by atoms with Gasteiger partial charge in [-0.25, -0.2) is 4.39 Å². The van der Waals surface area contributed by atoms with E-state index in [1.54, 1.807) is 12.1 Å². The van der Waals surface area contributed by atoms with E-state index in [2.05, 4.69) is 4.74 Å². The molecular formula is C10H12FNO3. The Hall–Kier alpha value is -1.62. The van der Waals surface area contributed by atoms with Crippen molar-refractivity contribution in [2.75, 3.05) is 7.11 Å². The molecule has 0 saturated heterocycles. The molecule has 0 aliphatic heterocycles. The number of rotatable bonds is 3. The lowest BCUT2D eigenvalue weighted by Gasteiger charge is -2.15. The van der Waals surface area contributed by atoms with E-state index in [0.29, 0.717) is 0 Å². The number of para-hydroxylation sites is 1. The first-order valence-corrected chi connectivity index (χ1v) is 4.33. The van der Waals surface area contributed by atoms with E-state index in [0.717, 1.165) is 7.11 Å². The Labute approximate surface area is 86.5 Å². The predicted molar refractivity (Wildman–Crippen MR) is 51.9 cm³/mol. The molecule has 15 heavy (non-hydrogen) atoms. The Kier molecular flexibility index (Phi) is 3.62. The van der Waals surface area contributed by atoms with Crippen LogP contribution in [0, 0.1) is 0 Å². The molecule has 5 heteroatoms. The van der Waals surface area contributed by atoms with Crippen LogP contribution in [0.1, 0.15) is 11.7 Å². The normalized spacial score (nSPS) is 14.3. The molecule has 0 bridgehead atoms. The second-order valence-electron chi connectivity index (χ2n) is 3.01. The minimum atomic E-state index is -1.78. The van der Waals surface area contributed by atoms with Crippen LogP contribution in [0.5, 0.6) is 5.75 Å². The van der Waals surface area contributed by atoms with Crippen LogP contribution in [0.15, 0.2) is 24.3 Å². The number of hydrogen-bond donors (Lipinski definition) is 2. The summed E-state index contributed by atoms with van der Waals surface area (Å²) in [6.45, 7) is 0. The van der Waals surface area contributed by atoms with Crippen LogP contribution < -0.4 is 5.73 Å². The Bertz CT molecular complexity index is 356. The molecule has 4 nitrogen and oxygen atoms in total. The van der Waals surface area contributed by atoms with E-state index in [1.807, 2.05) is 0 Å². The lowest BCUT2D eigenvalue weighted by molar-refractivity contribution is -0.143. The highest BCUT2D eigenvalue weighted by Gasteiger charge is 2.28. The first-order chi connectivity index (χ1) is 7.07. The summed E-state index contributed by atoms with van der Waals surface area (Å²) in [4.78, 5) is 11.0. The number of aromatic hydroxyl groups is 1. The van der Waals surface area contributed by atoms with E-state index < -0.39 is 18.2 Å². The number of carbonyl (C=O) groups is 1. The predicted octanol–water partition coefficient (Wildman–Crippen LogP) is 0.903. The summed E-state index contributed by atoms with van der Waals surface area (Å²) in [5.41, 5.74) is 5.29. The fourth-order valence-electron chi connectivity index (χ4n) is 1.17. The van der Waals surface area contributed by atoms with Gasteiger partial charge >= 0.3 is 5.97 Å². The molecular weight excluding hydrogens is 201 g/mol. The van der Waals surface area contributed by atoms with Crippen molar-refractivity contribution in [3.63, 3.8) is 0 Å². The second kappa shape index (κ2) is 4.75. The fraction of sp³-hybridized carbons (Fsp3) is 0.300. The molecule has 0 aliphatic carbocycles. The topological polar surface area (TPSA) is 72.5 Å². The van der Waals surface area contributed by atoms with Gasteiger partial charge in [-0.3, -0.25) is 4.79 Å². The van der Waals surface area contributed by atoms with Crippen molar-refractivity contribution in [3.8, 4) is 5.75 Å². The third-order valence-corrected chi connectivity index (χ3v) is 2.02. The van der Waals surface area contributed by atoms with Gasteiger partial charge in [0.15, 0.2) is 6.17 Å². The number of carbonyl (C=O) groups excluding carboxylic acids is 1. The molecule has 3 N–H and O–H groups in total. The monoisotopic (exact) mass is 213 g/mol. The second-order valence-corrected chi connectivity index (χ2v) is 3.01. The highest BCUT2D eigenvalue weighted by molar-refractivity contribution is 5.76. The average Bonchev–Trinajstić information content (AvgIpc) is 2.26. The highest BCUT2D eigenvalue weighted by Crippen LogP contribution is 2.28. The molecule has 82 valence electrons. The van der Waals surface area contributed by atoms with E-state index in [4.69, 9.17) is 5.73 Å². The first-order valence-electron chi connectivity index (χ1n) is 4.33. The summed E-state index contributed by atoms with van der Waals surface area (Å²) in [5.74, 6) is -1.09. The van der Waals surface area contributed by atoms with Crippen molar-refractivity contribution in [2.24, 2.45) is 5.73 Å². The third kappa shape index (κ3) is 2.44. The van der Waals surface area contributed by atoms with Crippen molar-refractivity contribution < 1.29 is 19.0 Å². The zero-order chi connectivity index (χ0) is 11.4. The molecule has 0 amide bonds. The molecule has 0 heterocycles. The number of ether oxygens (including phenoxy) is 1. The summed E-state index contributed by atoms with van der Waals surface area (Å²) in [6, 6.07) is 4.36. The van der Waals surface area contributed by atoms with Gasteiger partial charge in [0.05, 0.1) is 7.11 Å². The molecule has 0 spiro atoms. The van der Waals surface area contributed by atoms with E-state index in [1.165, 1.54) is 12.1 Å². The number of benzene rings is 1. The van der Waals surface area contributed by atoms with Crippen LogP contribution in [0.3, 0.4) is 0 Å². The fourth-order valence-corrected chi connectivity index (χ4v) is 1.17. The molecule has 0 fully saturated rings. The van der Waals surface area contributed by atoms with Crippen molar-refractivity contribution in [2.45, 2.75) is 12.2 Å². The van der Waals surface area contributed by atoms with Gasteiger partial charge in [-0.1, -0.05) is 18.2 Å². The summed E-state index contributed by atoms with van der Waals surface area (Å²) >= 11 is 0. The van der Waals surface area contributed by atoms with Gasteiger partial charge in [0.2, 0.25) is 0 Å². The van der Waals surface area contributed by atoms with Crippen LogP contribution in [-0.4, -0.2) is 24.2 Å². The van der Waals surface area contributed by atoms with Crippen molar-refractivity contribution in [3.05, 3.63) is 29.8 Å². The van der Waals surface area contributed by atoms with Gasteiger partial charge < -0.3 is 15.6 Å². The maximum absolute atomic E-state index is 13.6. The SMILES string of the molecule is COC(=O)C(N)C(F)c1ccccc1O. The zero-order valence-corrected chi connectivity index (χ0v) is 8.18.